The molecule has 0 saturated heterocycles. The molecule has 1 aliphatic rings. The highest BCUT2D eigenvalue weighted by atomic mass is 32.2. The van der Waals surface area contributed by atoms with Crippen LogP contribution in [0.1, 0.15) is 55.7 Å². The maximum atomic E-state index is 13.4. The summed E-state index contributed by atoms with van der Waals surface area (Å²) in [6.45, 7) is 10.4. The van der Waals surface area contributed by atoms with Gasteiger partial charge in [0, 0.05) is 34.6 Å². The molecule has 0 bridgehead atoms. The Morgan fingerprint density at radius 1 is 1.06 bits per heavy atom. The number of aryl methyl sites for hydroxylation is 1. The zero-order chi connectivity index (χ0) is 24.0. The normalized spacial score (nSPS) is 15.4. The molecule has 0 radical (unpaired) electrons. The van der Waals surface area contributed by atoms with Crippen molar-refractivity contribution in [2.75, 3.05) is 17.9 Å². The van der Waals surface area contributed by atoms with E-state index in [2.05, 4.69) is 23.6 Å². The van der Waals surface area contributed by atoms with Crippen LogP contribution in [0.25, 0.3) is 10.9 Å². The minimum atomic E-state index is -3.94. The first kappa shape index (κ1) is 23.2. The van der Waals surface area contributed by atoms with Crippen LogP contribution in [-0.4, -0.2) is 32.4 Å². The SMILES string of the molecule is CCOc1ccc(OCC)c(NS(=O)(=O)c2cc3[nH]c4c(c3cc2C)C(=O)CC(C)(C)C4)c1. The Morgan fingerprint density at radius 2 is 1.79 bits per heavy atom. The van der Waals surface area contributed by atoms with Crippen molar-refractivity contribution in [2.24, 2.45) is 5.41 Å². The summed E-state index contributed by atoms with van der Waals surface area (Å²) in [5.74, 6) is 1.06. The molecule has 7 nitrogen and oxygen atoms in total. The van der Waals surface area contributed by atoms with E-state index in [0.717, 1.165) is 17.5 Å². The average molecular weight is 471 g/mol. The van der Waals surface area contributed by atoms with Crippen molar-refractivity contribution in [3.05, 3.63) is 47.2 Å². The smallest absolute Gasteiger partial charge is 0.262 e. The van der Waals surface area contributed by atoms with Gasteiger partial charge in [0.15, 0.2) is 5.78 Å². The van der Waals surface area contributed by atoms with E-state index in [1.54, 1.807) is 37.3 Å². The highest BCUT2D eigenvalue weighted by molar-refractivity contribution is 7.92. The highest BCUT2D eigenvalue weighted by Crippen LogP contribution is 2.39. The van der Waals surface area contributed by atoms with Gasteiger partial charge in [-0.3, -0.25) is 9.52 Å². The molecule has 3 aromatic rings. The van der Waals surface area contributed by atoms with E-state index >= 15 is 0 Å². The van der Waals surface area contributed by atoms with Gasteiger partial charge in [-0.25, -0.2) is 8.42 Å². The van der Waals surface area contributed by atoms with Crippen molar-refractivity contribution in [3.8, 4) is 11.5 Å². The van der Waals surface area contributed by atoms with Crippen LogP contribution in [-0.2, 0) is 16.4 Å². The Bertz CT molecular complexity index is 1340. The molecule has 0 atom stereocenters. The minimum absolute atomic E-state index is 0.0923. The second kappa shape index (κ2) is 8.41. The van der Waals surface area contributed by atoms with Gasteiger partial charge in [-0.15, -0.1) is 0 Å². The van der Waals surface area contributed by atoms with Crippen LogP contribution in [0.3, 0.4) is 0 Å². The summed E-state index contributed by atoms with van der Waals surface area (Å²) in [5.41, 5.74) is 2.95. The number of Topliss-reactive ketones (excluding diaryl/α,β-unsaturated/α-hetero) is 1. The second-order valence-electron chi connectivity index (χ2n) is 9.21. The molecule has 1 aliphatic carbocycles. The number of benzene rings is 2. The summed E-state index contributed by atoms with van der Waals surface area (Å²) in [6, 6.07) is 8.45. The zero-order valence-corrected chi connectivity index (χ0v) is 20.5. The molecular weight excluding hydrogens is 440 g/mol. The third-order valence-electron chi connectivity index (χ3n) is 5.84. The van der Waals surface area contributed by atoms with Crippen LogP contribution in [0.2, 0.25) is 0 Å². The summed E-state index contributed by atoms with van der Waals surface area (Å²) >= 11 is 0. The molecule has 0 saturated carbocycles. The first-order valence-electron chi connectivity index (χ1n) is 11.2. The number of rotatable bonds is 7. The van der Waals surface area contributed by atoms with Crippen molar-refractivity contribution >= 4 is 32.4 Å². The number of ether oxygens (including phenoxy) is 2. The molecular formula is C25H30N2O5S. The van der Waals surface area contributed by atoms with E-state index < -0.39 is 10.0 Å². The molecule has 0 unspecified atom stereocenters. The van der Waals surface area contributed by atoms with Gasteiger partial charge in [-0.2, -0.15) is 0 Å². The lowest BCUT2D eigenvalue weighted by Crippen LogP contribution is -2.26. The molecule has 0 spiro atoms. The van der Waals surface area contributed by atoms with Crippen molar-refractivity contribution < 1.29 is 22.7 Å². The number of aromatic amines is 1. The summed E-state index contributed by atoms with van der Waals surface area (Å²) in [4.78, 5) is 16.3. The summed E-state index contributed by atoms with van der Waals surface area (Å²) in [6.07, 6.45) is 1.22. The largest absolute Gasteiger partial charge is 0.494 e. The number of sulfonamides is 1. The van der Waals surface area contributed by atoms with Crippen LogP contribution < -0.4 is 14.2 Å². The van der Waals surface area contributed by atoms with Gasteiger partial charge >= 0.3 is 0 Å². The van der Waals surface area contributed by atoms with Gasteiger partial charge in [0.05, 0.1) is 23.8 Å². The third-order valence-corrected chi connectivity index (χ3v) is 7.35. The molecule has 176 valence electrons. The number of carbonyl (C=O) groups excluding carboxylic acids is 1. The molecule has 0 aliphatic heterocycles. The van der Waals surface area contributed by atoms with E-state index in [1.165, 1.54) is 0 Å². The van der Waals surface area contributed by atoms with Crippen LogP contribution >= 0.6 is 0 Å². The van der Waals surface area contributed by atoms with E-state index in [9.17, 15) is 13.2 Å². The lowest BCUT2D eigenvalue weighted by Gasteiger charge is -2.28. The van der Waals surface area contributed by atoms with Crippen LogP contribution in [0.15, 0.2) is 35.2 Å². The number of carbonyl (C=O) groups is 1. The number of hydrogen-bond donors (Lipinski definition) is 2. The van der Waals surface area contributed by atoms with Crippen LogP contribution in [0.5, 0.6) is 11.5 Å². The van der Waals surface area contributed by atoms with Crippen molar-refractivity contribution in [1.82, 2.24) is 4.98 Å². The van der Waals surface area contributed by atoms with Gasteiger partial charge in [-0.05, 0) is 62.4 Å². The lowest BCUT2D eigenvalue weighted by atomic mass is 9.76. The second-order valence-corrected chi connectivity index (χ2v) is 10.9. The number of hydrogen-bond acceptors (Lipinski definition) is 5. The zero-order valence-electron chi connectivity index (χ0n) is 19.7. The number of nitrogens with one attached hydrogen (secondary N) is 2. The topological polar surface area (TPSA) is 97.5 Å². The van der Waals surface area contributed by atoms with Gasteiger partial charge in [0.25, 0.3) is 10.0 Å². The van der Waals surface area contributed by atoms with E-state index in [1.807, 2.05) is 13.8 Å². The monoisotopic (exact) mass is 470 g/mol. The fraction of sp³-hybridized carbons (Fsp3) is 0.400. The Labute approximate surface area is 194 Å². The summed E-state index contributed by atoms with van der Waals surface area (Å²) in [5, 5.41) is 0.773. The molecule has 1 heterocycles. The fourth-order valence-electron chi connectivity index (χ4n) is 4.52. The Hall–Kier alpha value is -3.00. The fourth-order valence-corrected chi connectivity index (χ4v) is 5.83. The van der Waals surface area contributed by atoms with Crippen molar-refractivity contribution in [1.29, 1.82) is 0 Å². The Morgan fingerprint density at radius 3 is 2.48 bits per heavy atom. The molecule has 2 aromatic carbocycles. The Kier molecular flexibility index (Phi) is 5.90. The predicted octanol–water partition coefficient (Wildman–Crippen LogP) is 5.23. The molecule has 8 heteroatoms. The average Bonchev–Trinajstić information content (AvgIpc) is 3.05. The maximum absolute atomic E-state index is 13.4. The molecule has 0 amide bonds. The number of aromatic nitrogens is 1. The number of fused-ring (bicyclic) bond motifs is 3. The highest BCUT2D eigenvalue weighted by Gasteiger charge is 2.34. The van der Waals surface area contributed by atoms with Crippen LogP contribution in [0, 0.1) is 12.3 Å². The lowest BCUT2D eigenvalue weighted by molar-refractivity contribution is 0.0913. The summed E-state index contributed by atoms with van der Waals surface area (Å²) in [7, 11) is -3.94. The number of H-pyrrole nitrogens is 1. The maximum Gasteiger partial charge on any atom is 0.262 e. The van der Waals surface area contributed by atoms with E-state index in [0.29, 0.717) is 53.5 Å². The quantitative estimate of drug-likeness (QED) is 0.493. The predicted molar refractivity (Wildman–Crippen MR) is 129 cm³/mol. The Balaban J connectivity index is 1.77. The van der Waals surface area contributed by atoms with Gasteiger partial charge in [-0.1, -0.05) is 13.8 Å². The standard InChI is InChI=1S/C25H30N2O5S/c1-6-31-16-8-9-22(32-7-2)19(11-16)27-33(29,30)23-12-18-17(10-15(23)3)24-20(26-18)13-25(4,5)14-21(24)28/h8-12,26-27H,6-7,13-14H2,1-5H3. The number of anilines is 1. The molecule has 2 N–H and O–H groups in total. The van der Waals surface area contributed by atoms with Gasteiger partial charge < -0.3 is 14.5 Å². The molecule has 1 aromatic heterocycles. The summed E-state index contributed by atoms with van der Waals surface area (Å²) < 4.78 is 40.6. The first-order valence-corrected chi connectivity index (χ1v) is 12.6. The molecule has 0 fully saturated rings. The van der Waals surface area contributed by atoms with Crippen molar-refractivity contribution in [3.63, 3.8) is 0 Å². The molecule has 33 heavy (non-hydrogen) atoms. The van der Waals surface area contributed by atoms with E-state index in [-0.39, 0.29) is 16.1 Å². The van der Waals surface area contributed by atoms with Gasteiger partial charge in [0.2, 0.25) is 0 Å². The van der Waals surface area contributed by atoms with E-state index in [4.69, 9.17) is 9.47 Å². The third kappa shape index (κ3) is 4.44. The first-order chi connectivity index (χ1) is 15.5. The number of ketones is 1. The van der Waals surface area contributed by atoms with Crippen LogP contribution in [0.4, 0.5) is 5.69 Å². The molecule has 4 rings (SSSR count). The van der Waals surface area contributed by atoms with Crippen molar-refractivity contribution in [2.45, 2.75) is 52.4 Å². The van der Waals surface area contributed by atoms with Gasteiger partial charge in [0.1, 0.15) is 11.5 Å². The minimum Gasteiger partial charge on any atom is -0.494 e.